The summed E-state index contributed by atoms with van der Waals surface area (Å²) >= 11 is 0. The van der Waals surface area contributed by atoms with Crippen LogP contribution >= 0.6 is 0 Å². The first-order chi connectivity index (χ1) is 8.74. The minimum Gasteiger partial charge on any atom is -0.493 e. The maximum atomic E-state index is 13.7. The summed E-state index contributed by atoms with van der Waals surface area (Å²) in [7, 11) is 1.45. The van der Waals surface area contributed by atoms with E-state index in [-0.39, 0.29) is 5.75 Å². The van der Waals surface area contributed by atoms with Gasteiger partial charge in [-0.1, -0.05) is 6.42 Å². The second-order valence-corrected chi connectivity index (χ2v) is 4.75. The molecule has 1 atom stereocenters. The van der Waals surface area contributed by atoms with Gasteiger partial charge in [-0.25, -0.2) is 8.78 Å². The number of halogens is 2. The number of nitrogens with one attached hydrogen (secondary N) is 1. The molecule has 18 heavy (non-hydrogen) atoms. The van der Waals surface area contributed by atoms with Crippen LogP contribution in [-0.2, 0) is 13.1 Å². The molecule has 2 rings (SSSR count). The third-order valence-electron chi connectivity index (χ3n) is 3.42. The monoisotopic (exact) mass is 255 g/mol. The maximum Gasteiger partial charge on any atom is 0.165 e. The third kappa shape index (κ3) is 2.99. The van der Waals surface area contributed by atoms with Gasteiger partial charge in [-0.2, -0.15) is 0 Å². The van der Waals surface area contributed by atoms with Gasteiger partial charge in [-0.3, -0.25) is 0 Å². The van der Waals surface area contributed by atoms with Crippen LogP contribution in [0.25, 0.3) is 0 Å². The van der Waals surface area contributed by atoms with Gasteiger partial charge in [0.25, 0.3) is 0 Å². The first kappa shape index (κ1) is 13.3. The van der Waals surface area contributed by atoms with Crippen molar-refractivity contribution in [1.29, 1.82) is 0 Å². The van der Waals surface area contributed by atoms with Crippen LogP contribution in [0.5, 0.6) is 5.75 Å². The summed E-state index contributed by atoms with van der Waals surface area (Å²) in [6, 6.07) is 3.25. The topological polar surface area (TPSA) is 21.3 Å². The quantitative estimate of drug-likeness (QED) is 0.893. The zero-order valence-corrected chi connectivity index (χ0v) is 10.6. The summed E-state index contributed by atoms with van der Waals surface area (Å²) in [5.74, 6) is -0.224. The number of alkyl halides is 1. The normalized spacial score (nSPS) is 19.8. The molecule has 0 saturated carbocycles. The fourth-order valence-corrected chi connectivity index (χ4v) is 2.53. The SMILES string of the molecule is COc1c(F)cc(CF)cc1CC1CCCCN1. The molecule has 0 bridgehead atoms. The Hall–Kier alpha value is -1.16. The Morgan fingerprint density at radius 1 is 1.39 bits per heavy atom. The third-order valence-corrected chi connectivity index (χ3v) is 3.42. The van der Waals surface area contributed by atoms with E-state index in [2.05, 4.69) is 5.32 Å². The van der Waals surface area contributed by atoms with E-state index in [9.17, 15) is 8.78 Å². The lowest BCUT2D eigenvalue weighted by molar-refractivity contribution is 0.365. The molecule has 0 aromatic heterocycles. The molecule has 1 aromatic rings. The molecule has 2 nitrogen and oxygen atoms in total. The fraction of sp³-hybridized carbons (Fsp3) is 0.571. The minimum absolute atomic E-state index is 0.250. The van der Waals surface area contributed by atoms with Crippen molar-refractivity contribution in [2.24, 2.45) is 0 Å². The van der Waals surface area contributed by atoms with Gasteiger partial charge in [-0.05, 0) is 49.1 Å². The van der Waals surface area contributed by atoms with E-state index >= 15 is 0 Å². The predicted molar refractivity (Wildman–Crippen MR) is 67.1 cm³/mol. The molecule has 0 aliphatic carbocycles. The molecule has 0 spiro atoms. The molecular weight excluding hydrogens is 236 g/mol. The van der Waals surface area contributed by atoms with Crippen molar-refractivity contribution in [1.82, 2.24) is 5.32 Å². The Bertz CT molecular complexity index is 403. The lowest BCUT2D eigenvalue weighted by Gasteiger charge is -2.24. The molecule has 1 N–H and O–H groups in total. The van der Waals surface area contributed by atoms with Crippen molar-refractivity contribution in [3.8, 4) is 5.75 Å². The Morgan fingerprint density at radius 2 is 2.22 bits per heavy atom. The zero-order valence-electron chi connectivity index (χ0n) is 10.6. The van der Waals surface area contributed by atoms with E-state index < -0.39 is 12.5 Å². The number of piperidine rings is 1. The Kier molecular flexibility index (Phi) is 4.53. The molecule has 4 heteroatoms. The van der Waals surface area contributed by atoms with Gasteiger partial charge >= 0.3 is 0 Å². The first-order valence-electron chi connectivity index (χ1n) is 6.39. The summed E-state index contributed by atoms with van der Waals surface area (Å²) < 4.78 is 31.5. The highest BCUT2D eigenvalue weighted by molar-refractivity contribution is 5.39. The van der Waals surface area contributed by atoms with Gasteiger partial charge in [0.1, 0.15) is 6.67 Å². The number of hydrogen-bond donors (Lipinski definition) is 1. The summed E-state index contributed by atoms with van der Waals surface area (Å²) in [4.78, 5) is 0. The van der Waals surface area contributed by atoms with E-state index in [0.717, 1.165) is 18.5 Å². The molecule has 1 unspecified atom stereocenters. The Morgan fingerprint density at radius 3 is 2.83 bits per heavy atom. The van der Waals surface area contributed by atoms with Crippen molar-refractivity contribution in [2.75, 3.05) is 13.7 Å². The van der Waals surface area contributed by atoms with Gasteiger partial charge in [0.2, 0.25) is 0 Å². The highest BCUT2D eigenvalue weighted by Gasteiger charge is 2.18. The zero-order chi connectivity index (χ0) is 13.0. The molecule has 0 radical (unpaired) electrons. The molecule has 1 aromatic carbocycles. The van der Waals surface area contributed by atoms with Crippen LogP contribution in [-0.4, -0.2) is 19.7 Å². The van der Waals surface area contributed by atoms with Crippen LogP contribution in [0.3, 0.4) is 0 Å². The van der Waals surface area contributed by atoms with E-state index in [4.69, 9.17) is 4.74 Å². The van der Waals surface area contributed by atoms with Crippen LogP contribution in [0.15, 0.2) is 12.1 Å². The molecule has 1 aliphatic heterocycles. The van der Waals surface area contributed by atoms with Crippen molar-refractivity contribution < 1.29 is 13.5 Å². The average Bonchev–Trinajstić information content (AvgIpc) is 2.39. The van der Waals surface area contributed by atoms with E-state index in [1.165, 1.54) is 26.0 Å². The smallest absolute Gasteiger partial charge is 0.165 e. The minimum atomic E-state index is -0.647. The lowest BCUT2D eigenvalue weighted by Crippen LogP contribution is -2.35. The van der Waals surface area contributed by atoms with Gasteiger partial charge in [0.15, 0.2) is 11.6 Å². The van der Waals surface area contributed by atoms with E-state index in [1.807, 2.05) is 0 Å². The van der Waals surface area contributed by atoms with Crippen molar-refractivity contribution >= 4 is 0 Å². The highest BCUT2D eigenvalue weighted by atomic mass is 19.1. The van der Waals surface area contributed by atoms with Crippen LogP contribution < -0.4 is 10.1 Å². The molecule has 100 valence electrons. The summed E-state index contributed by atoms with van der Waals surface area (Å²) in [5.41, 5.74) is 1.13. The fourth-order valence-electron chi connectivity index (χ4n) is 2.53. The van der Waals surface area contributed by atoms with E-state index in [1.54, 1.807) is 6.07 Å². The summed E-state index contributed by atoms with van der Waals surface area (Å²) in [6.45, 7) is 0.351. The van der Waals surface area contributed by atoms with Crippen LogP contribution in [0.1, 0.15) is 30.4 Å². The maximum absolute atomic E-state index is 13.7. The second-order valence-electron chi connectivity index (χ2n) is 4.75. The van der Waals surface area contributed by atoms with Crippen LogP contribution in [0.4, 0.5) is 8.78 Å². The van der Waals surface area contributed by atoms with E-state index in [0.29, 0.717) is 18.0 Å². The van der Waals surface area contributed by atoms with Crippen molar-refractivity contribution in [3.63, 3.8) is 0 Å². The largest absolute Gasteiger partial charge is 0.493 e. The molecule has 1 heterocycles. The molecular formula is C14H19F2NO. The summed E-state index contributed by atoms with van der Waals surface area (Å²) in [6.07, 6.45) is 4.14. The van der Waals surface area contributed by atoms with Crippen molar-refractivity contribution in [3.05, 3.63) is 29.1 Å². The lowest BCUT2D eigenvalue weighted by atomic mass is 9.96. The Balaban J connectivity index is 2.20. The second kappa shape index (κ2) is 6.14. The summed E-state index contributed by atoms with van der Waals surface area (Å²) in [5, 5.41) is 3.40. The average molecular weight is 255 g/mol. The van der Waals surface area contributed by atoms with Gasteiger partial charge in [-0.15, -0.1) is 0 Å². The molecule has 0 amide bonds. The van der Waals surface area contributed by atoms with Crippen molar-refractivity contribution in [2.45, 2.75) is 38.4 Å². The molecule has 1 fully saturated rings. The van der Waals surface area contributed by atoms with Gasteiger partial charge < -0.3 is 10.1 Å². The first-order valence-corrected chi connectivity index (χ1v) is 6.39. The highest BCUT2D eigenvalue weighted by Crippen LogP contribution is 2.27. The number of benzene rings is 1. The number of rotatable bonds is 4. The number of ether oxygens (including phenoxy) is 1. The Labute approximate surface area is 106 Å². The number of methoxy groups -OCH3 is 1. The molecule has 1 aliphatic rings. The van der Waals surface area contributed by atoms with Gasteiger partial charge in [0, 0.05) is 6.04 Å². The molecule has 1 saturated heterocycles. The standard InChI is InChI=1S/C14H19F2NO/c1-18-14-11(6-10(9-15)7-13(14)16)8-12-4-2-3-5-17-12/h6-7,12,17H,2-5,8-9H2,1H3. The van der Waals surface area contributed by atoms with Gasteiger partial charge in [0.05, 0.1) is 7.11 Å². The van der Waals surface area contributed by atoms with Crippen LogP contribution in [0, 0.1) is 5.82 Å². The predicted octanol–water partition coefficient (Wildman–Crippen LogP) is 2.99. The number of hydrogen-bond acceptors (Lipinski definition) is 2. The van der Waals surface area contributed by atoms with Crippen LogP contribution in [0.2, 0.25) is 0 Å².